The molecule has 6 nitrogen and oxygen atoms in total. The van der Waals surface area contributed by atoms with E-state index < -0.39 is 0 Å². The molecule has 1 saturated heterocycles. The van der Waals surface area contributed by atoms with E-state index in [-0.39, 0.29) is 18.3 Å². The van der Waals surface area contributed by atoms with Crippen LogP contribution in [0.5, 0.6) is 11.5 Å². The quantitative estimate of drug-likeness (QED) is 0.655. The van der Waals surface area contributed by atoms with Crippen LogP contribution in [0.1, 0.15) is 6.42 Å². The highest BCUT2D eigenvalue weighted by Crippen LogP contribution is 2.20. The standard InChI is InChI=1S/C22H28FN3O3/c1-28-18-7-9-19(10-8-18)29-17-22(27)24-11-4-12-25-13-15-26(16-14-25)21-6-3-2-5-20(21)23/h2-3,5-10H,4,11-17H2,1H3,(H,24,27). The van der Waals surface area contributed by atoms with Crippen molar-refractivity contribution in [3.05, 3.63) is 54.3 Å². The summed E-state index contributed by atoms with van der Waals surface area (Å²) >= 11 is 0. The number of hydrogen-bond acceptors (Lipinski definition) is 5. The molecule has 1 N–H and O–H groups in total. The van der Waals surface area contributed by atoms with Crippen LogP contribution in [-0.2, 0) is 4.79 Å². The first-order valence-electron chi connectivity index (χ1n) is 9.91. The molecule has 1 aliphatic rings. The van der Waals surface area contributed by atoms with E-state index in [0.29, 0.717) is 18.0 Å². The van der Waals surface area contributed by atoms with E-state index in [1.54, 1.807) is 37.4 Å². The fourth-order valence-electron chi connectivity index (χ4n) is 3.32. The van der Waals surface area contributed by atoms with Gasteiger partial charge < -0.3 is 19.7 Å². The molecule has 0 bridgehead atoms. The van der Waals surface area contributed by atoms with Crippen LogP contribution in [0.25, 0.3) is 0 Å². The smallest absolute Gasteiger partial charge is 0.257 e. The van der Waals surface area contributed by atoms with E-state index >= 15 is 0 Å². The van der Waals surface area contributed by atoms with Gasteiger partial charge in [-0.2, -0.15) is 0 Å². The summed E-state index contributed by atoms with van der Waals surface area (Å²) < 4.78 is 24.4. The van der Waals surface area contributed by atoms with Gasteiger partial charge in [0.2, 0.25) is 0 Å². The normalized spacial score (nSPS) is 14.5. The van der Waals surface area contributed by atoms with E-state index in [2.05, 4.69) is 15.1 Å². The van der Waals surface area contributed by atoms with Gasteiger partial charge in [-0.3, -0.25) is 9.69 Å². The van der Waals surface area contributed by atoms with Gasteiger partial charge >= 0.3 is 0 Å². The average Bonchev–Trinajstić information content (AvgIpc) is 2.76. The first kappa shape index (κ1) is 20.9. The summed E-state index contributed by atoms with van der Waals surface area (Å²) in [4.78, 5) is 16.3. The predicted molar refractivity (Wildman–Crippen MR) is 111 cm³/mol. The Morgan fingerprint density at radius 3 is 2.41 bits per heavy atom. The maximum atomic E-state index is 13.9. The summed E-state index contributed by atoms with van der Waals surface area (Å²) in [7, 11) is 1.60. The third-order valence-electron chi connectivity index (χ3n) is 4.97. The monoisotopic (exact) mass is 401 g/mol. The number of nitrogens with zero attached hydrogens (tertiary/aromatic N) is 2. The van der Waals surface area contributed by atoms with Crippen LogP contribution in [0.4, 0.5) is 10.1 Å². The molecule has 0 spiro atoms. The summed E-state index contributed by atoms with van der Waals surface area (Å²) in [6.07, 6.45) is 0.869. The highest BCUT2D eigenvalue weighted by atomic mass is 19.1. The Morgan fingerprint density at radius 2 is 1.72 bits per heavy atom. The van der Waals surface area contributed by atoms with E-state index in [1.165, 1.54) is 6.07 Å². The summed E-state index contributed by atoms with van der Waals surface area (Å²) in [6, 6.07) is 14.0. The second kappa shape index (κ2) is 10.7. The van der Waals surface area contributed by atoms with Crippen LogP contribution in [-0.4, -0.2) is 63.8 Å². The van der Waals surface area contributed by atoms with Gasteiger partial charge in [-0.15, -0.1) is 0 Å². The maximum absolute atomic E-state index is 13.9. The minimum absolute atomic E-state index is 0.00631. The largest absolute Gasteiger partial charge is 0.497 e. The van der Waals surface area contributed by atoms with Crippen LogP contribution in [0.3, 0.4) is 0 Å². The Bertz CT molecular complexity index is 777. The van der Waals surface area contributed by atoms with Crippen molar-refractivity contribution in [1.82, 2.24) is 10.2 Å². The van der Waals surface area contributed by atoms with Gasteiger partial charge in [-0.25, -0.2) is 4.39 Å². The molecule has 0 saturated carbocycles. The molecule has 1 heterocycles. The number of rotatable bonds is 9. The minimum atomic E-state index is -0.166. The predicted octanol–water partition coefficient (Wildman–Crippen LogP) is 2.54. The average molecular weight is 401 g/mol. The number of halogens is 1. The van der Waals surface area contributed by atoms with E-state index in [1.807, 2.05) is 12.1 Å². The van der Waals surface area contributed by atoms with Gasteiger partial charge in [-0.05, 0) is 49.4 Å². The fraction of sp³-hybridized carbons (Fsp3) is 0.409. The molecule has 3 rings (SSSR count). The van der Waals surface area contributed by atoms with Gasteiger partial charge in [0.15, 0.2) is 6.61 Å². The van der Waals surface area contributed by atoms with Crippen LogP contribution in [0.15, 0.2) is 48.5 Å². The molecule has 2 aromatic rings. The van der Waals surface area contributed by atoms with Crippen LogP contribution >= 0.6 is 0 Å². The van der Waals surface area contributed by atoms with Gasteiger partial charge in [-0.1, -0.05) is 12.1 Å². The number of para-hydroxylation sites is 1. The molecule has 2 aromatic carbocycles. The number of hydrogen-bond donors (Lipinski definition) is 1. The van der Waals surface area contributed by atoms with Crippen molar-refractivity contribution in [2.75, 3.05) is 57.9 Å². The Morgan fingerprint density at radius 1 is 1.03 bits per heavy atom. The highest BCUT2D eigenvalue weighted by molar-refractivity contribution is 5.77. The summed E-state index contributed by atoms with van der Waals surface area (Å²) in [5.41, 5.74) is 0.677. The van der Waals surface area contributed by atoms with Crippen LogP contribution in [0, 0.1) is 5.82 Å². The second-order valence-electron chi connectivity index (χ2n) is 6.95. The van der Waals surface area contributed by atoms with Crippen LogP contribution in [0.2, 0.25) is 0 Å². The molecule has 7 heteroatoms. The molecule has 0 radical (unpaired) electrons. The number of benzene rings is 2. The lowest BCUT2D eigenvalue weighted by molar-refractivity contribution is -0.123. The summed E-state index contributed by atoms with van der Waals surface area (Å²) in [6.45, 7) is 4.91. The number of anilines is 1. The SMILES string of the molecule is COc1ccc(OCC(=O)NCCCN2CCN(c3ccccc3F)CC2)cc1. The van der Waals surface area contributed by atoms with E-state index in [4.69, 9.17) is 9.47 Å². The Balaban J connectivity index is 1.28. The van der Waals surface area contributed by atoms with Gasteiger partial charge in [0.05, 0.1) is 12.8 Å². The number of amides is 1. The van der Waals surface area contributed by atoms with Crippen molar-refractivity contribution >= 4 is 11.6 Å². The Labute approximate surface area is 171 Å². The Hall–Kier alpha value is -2.80. The van der Waals surface area contributed by atoms with Crippen molar-refractivity contribution in [1.29, 1.82) is 0 Å². The molecule has 0 atom stereocenters. The topological polar surface area (TPSA) is 54.0 Å². The summed E-state index contributed by atoms with van der Waals surface area (Å²) in [5, 5.41) is 2.88. The third kappa shape index (κ3) is 6.35. The zero-order valence-corrected chi connectivity index (χ0v) is 16.8. The maximum Gasteiger partial charge on any atom is 0.257 e. The van der Waals surface area contributed by atoms with Crippen LogP contribution < -0.4 is 19.7 Å². The summed E-state index contributed by atoms with van der Waals surface area (Å²) in [5.74, 6) is 1.08. The van der Waals surface area contributed by atoms with Crippen molar-refractivity contribution in [2.45, 2.75) is 6.42 Å². The molecular formula is C22H28FN3O3. The molecule has 29 heavy (non-hydrogen) atoms. The van der Waals surface area contributed by atoms with E-state index in [0.717, 1.165) is 44.9 Å². The second-order valence-corrected chi connectivity index (χ2v) is 6.95. The van der Waals surface area contributed by atoms with Crippen molar-refractivity contribution in [3.63, 3.8) is 0 Å². The third-order valence-corrected chi connectivity index (χ3v) is 4.97. The number of carbonyl (C=O) groups excluding carboxylic acids is 1. The molecule has 0 aliphatic carbocycles. The zero-order chi connectivity index (χ0) is 20.5. The van der Waals surface area contributed by atoms with Crippen molar-refractivity contribution < 1.29 is 18.7 Å². The number of ether oxygens (including phenoxy) is 2. The zero-order valence-electron chi connectivity index (χ0n) is 16.8. The first-order chi connectivity index (χ1) is 14.2. The fourth-order valence-corrected chi connectivity index (χ4v) is 3.32. The molecule has 0 unspecified atom stereocenters. The van der Waals surface area contributed by atoms with Crippen molar-refractivity contribution in [2.24, 2.45) is 0 Å². The van der Waals surface area contributed by atoms with Gasteiger partial charge in [0.1, 0.15) is 17.3 Å². The van der Waals surface area contributed by atoms with Gasteiger partial charge in [0, 0.05) is 32.7 Å². The lowest BCUT2D eigenvalue weighted by Gasteiger charge is -2.36. The highest BCUT2D eigenvalue weighted by Gasteiger charge is 2.18. The Kier molecular flexibility index (Phi) is 7.69. The van der Waals surface area contributed by atoms with Crippen molar-refractivity contribution in [3.8, 4) is 11.5 Å². The van der Waals surface area contributed by atoms with Gasteiger partial charge in [0.25, 0.3) is 5.91 Å². The lowest BCUT2D eigenvalue weighted by Crippen LogP contribution is -2.47. The number of nitrogens with one attached hydrogen (secondary N) is 1. The molecule has 1 amide bonds. The molecule has 1 aliphatic heterocycles. The number of carbonyl (C=O) groups is 1. The molecular weight excluding hydrogens is 373 g/mol. The number of methoxy groups -OCH3 is 1. The first-order valence-corrected chi connectivity index (χ1v) is 9.91. The van der Waals surface area contributed by atoms with E-state index in [9.17, 15) is 9.18 Å². The molecule has 1 fully saturated rings. The number of piperazine rings is 1. The lowest BCUT2D eigenvalue weighted by atomic mass is 10.2. The molecule has 0 aromatic heterocycles. The molecule has 156 valence electrons. The minimum Gasteiger partial charge on any atom is -0.497 e.